The van der Waals surface area contributed by atoms with Crippen molar-refractivity contribution in [3.8, 4) is 0 Å². The number of fused-ring (bicyclic) bond motifs is 1. The third-order valence-electron chi connectivity index (χ3n) is 8.43. The number of hydrogen-bond acceptors (Lipinski definition) is 3. The summed E-state index contributed by atoms with van der Waals surface area (Å²) in [6.07, 6.45) is 9.61. The fraction of sp³-hybridized carbons (Fsp3) is 0.500. The lowest BCUT2D eigenvalue weighted by Crippen LogP contribution is -2.65. The third-order valence-corrected chi connectivity index (χ3v) is 8.43. The SMILES string of the molecule is CC(C)C1=CC(c2ccc(F)cc2)=[N+]2C=C(C(=O)N3CCN(C(=O)C4(N)CCC4)C(C)C3)C(C)CC=C12. The molecule has 37 heavy (non-hydrogen) atoms. The summed E-state index contributed by atoms with van der Waals surface area (Å²) in [4.78, 5) is 30.7. The van der Waals surface area contributed by atoms with E-state index in [2.05, 4.69) is 37.5 Å². The standard InChI is InChI=1S/C30H38FN4O2/c1-19(2)24-16-27(22-7-9-23(31)10-8-22)35-18-25(20(3)6-11-26(24)35)28(36)33-14-15-34(21(4)17-33)29(37)30(32)12-5-13-30/h7-11,16,18-21H,5-6,12-15,17,32H2,1-4H3/q+1. The summed E-state index contributed by atoms with van der Waals surface area (Å²) in [5.41, 5.74) is 10.5. The van der Waals surface area contributed by atoms with Crippen molar-refractivity contribution in [3.05, 3.63) is 70.8 Å². The van der Waals surface area contributed by atoms with Gasteiger partial charge in [-0.3, -0.25) is 9.59 Å². The number of amides is 2. The summed E-state index contributed by atoms with van der Waals surface area (Å²) < 4.78 is 15.8. The van der Waals surface area contributed by atoms with Crippen LogP contribution in [-0.4, -0.2) is 63.1 Å². The van der Waals surface area contributed by atoms with Crippen molar-refractivity contribution < 1.29 is 18.6 Å². The Kier molecular flexibility index (Phi) is 6.69. The number of nitrogens with two attached hydrogens (primary N) is 1. The summed E-state index contributed by atoms with van der Waals surface area (Å²) >= 11 is 0. The molecular weight excluding hydrogens is 467 g/mol. The van der Waals surface area contributed by atoms with Gasteiger partial charge in [0.05, 0.1) is 11.1 Å². The zero-order valence-corrected chi connectivity index (χ0v) is 22.3. The second-order valence-corrected chi connectivity index (χ2v) is 11.4. The molecule has 0 bridgehead atoms. The summed E-state index contributed by atoms with van der Waals surface area (Å²) in [6.45, 7) is 9.93. The fourth-order valence-electron chi connectivity index (χ4n) is 5.85. The summed E-state index contributed by atoms with van der Waals surface area (Å²) in [6, 6.07) is 6.44. The van der Waals surface area contributed by atoms with Crippen LogP contribution in [0.4, 0.5) is 4.39 Å². The quantitative estimate of drug-likeness (QED) is 0.630. The van der Waals surface area contributed by atoms with E-state index in [0.29, 0.717) is 25.6 Å². The Balaban J connectivity index is 1.43. The van der Waals surface area contributed by atoms with Crippen molar-refractivity contribution in [2.24, 2.45) is 17.6 Å². The maximum Gasteiger partial charge on any atom is 0.256 e. The van der Waals surface area contributed by atoms with Gasteiger partial charge in [0.25, 0.3) is 5.91 Å². The Hall–Kier alpha value is -3.06. The van der Waals surface area contributed by atoms with Crippen molar-refractivity contribution in [1.29, 1.82) is 0 Å². The Morgan fingerprint density at radius 1 is 1.14 bits per heavy atom. The van der Waals surface area contributed by atoms with Crippen LogP contribution in [0.5, 0.6) is 0 Å². The van der Waals surface area contributed by atoms with Gasteiger partial charge in [-0.15, -0.1) is 0 Å². The molecule has 5 rings (SSSR count). The smallest absolute Gasteiger partial charge is 0.256 e. The van der Waals surface area contributed by atoms with Crippen LogP contribution in [0.1, 0.15) is 58.9 Å². The fourth-order valence-corrected chi connectivity index (χ4v) is 5.85. The molecule has 1 saturated carbocycles. The number of allylic oxidation sites excluding steroid dienone is 3. The monoisotopic (exact) mass is 505 g/mol. The Labute approximate surface area is 219 Å². The first kappa shape index (κ1) is 25.6. The van der Waals surface area contributed by atoms with E-state index < -0.39 is 5.54 Å². The van der Waals surface area contributed by atoms with Crippen LogP contribution in [-0.2, 0) is 9.59 Å². The van der Waals surface area contributed by atoms with Gasteiger partial charge < -0.3 is 15.5 Å². The Morgan fingerprint density at radius 2 is 1.84 bits per heavy atom. The number of rotatable bonds is 4. The lowest BCUT2D eigenvalue weighted by Gasteiger charge is -2.46. The molecule has 1 aliphatic carbocycles. The maximum absolute atomic E-state index is 13.9. The van der Waals surface area contributed by atoms with Gasteiger partial charge in [-0.2, -0.15) is 4.58 Å². The van der Waals surface area contributed by atoms with Gasteiger partial charge >= 0.3 is 0 Å². The Morgan fingerprint density at radius 3 is 2.43 bits per heavy atom. The zero-order chi connectivity index (χ0) is 26.5. The average Bonchev–Trinajstić information content (AvgIpc) is 3.13. The van der Waals surface area contributed by atoms with Crippen LogP contribution < -0.4 is 5.73 Å². The van der Waals surface area contributed by atoms with Gasteiger partial charge in [0.2, 0.25) is 17.3 Å². The molecule has 6 nitrogen and oxygen atoms in total. The van der Waals surface area contributed by atoms with E-state index in [1.54, 1.807) is 12.1 Å². The number of piperazine rings is 1. The second-order valence-electron chi connectivity index (χ2n) is 11.4. The first-order valence-corrected chi connectivity index (χ1v) is 13.5. The van der Waals surface area contributed by atoms with Crippen LogP contribution in [0.2, 0.25) is 0 Å². The van der Waals surface area contributed by atoms with Crippen LogP contribution in [0, 0.1) is 17.7 Å². The topological polar surface area (TPSA) is 69.7 Å². The van der Waals surface area contributed by atoms with E-state index in [1.165, 1.54) is 17.7 Å². The molecule has 196 valence electrons. The molecule has 3 heterocycles. The van der Waals surface area contributed by atoms with E-state index >= 15 is 0 Å². The molecule has 2 unspecified atom stereocenters. The van der Waals surface area contributed by atoms with Crippen LogP contribution in [0.15, 0.2) is 59.5 Å². The van der Waals surface area contributed by atoms with Crippen LogP contribution in [0.3, 0.4) is 0 Å². The first-order valence-electron chi connectivity index (χ1n) is 13.5. The van der Waals surface area contributed by atoms with E-state index in [4.69, 9.17) is 5.73 Å². The molecule has 1 saturated heterocycles. The van der Waals surface area contributed by atoms with Gasteiger partial charge in [0.1, 0.15) is 5.82 Å². The molecule has 7 heteroatoms. The second kappa shape index (κ2) is 9.67. The first-order chi connectivity index (χ1) is 17.6. The summed E-state index contributed by atoms with van der Waals surface area (Å²) in [5, 5.41) is 0. The molecule has 0 aromatic heterocycles. The molecule has 0 radical (unpaired) electrons. The Bertz CT molecular complexity index is 1240. The molecule has 3 aliphatic heterocycles. The lowest BCUT2D eigenvalue weighted by molar-refractivity contribution is -0.392. The highest BCUT2D eigenvalue weighted by molar-refractivity contribution is 6.08. The predicted octanol–water partition coefficient (Wildman–Crippen LogP) is 3.97. The molecular formula is C30H38FN4O2+. The molecule has 4 aliphatic rings. The van der Waals surface area contributed by atoms with E-state index in [-0.39, 0.29) is 29.6 Å². The normalized spacial score (nSPS) is 25.2. The number of hydrogen-bond donors (Lipinski definition) is 1. The molecule has 2 atom stereocenters. The highest BCUT2D eigenvalue weighted by atomic mass is 19.1. The highest BCUT2D eigenvalue weighted by Gasteiger charge is 2.45. The van der Waals surface area contributed by atoms with Crippen molar-refractivity contribution in [2.45, 2.75) is 65.0 Å². The molecule has 1 aromatic carbocycles. The van der Waals surface area contributed by atoms with Crippen molar-refractivity contribution in [3.63, 3.8) is 0 Å². The number of carbonyl (C=O) groups excluding carboxylic acids is 2. The largest absolute Gasteiger partial charge is 0.335 e. The highest BCUT2D eigenvalue weighted by Crippen LogP contribution is 2.35. The molecule has 2 fully saturated rings. The maximum atomic E-state index is 13.9. The average molecular weight is 506 g/mol. The van der Waals surface area contributed by atoms with Crippen LogP contribution >= 0.6 is 0 Å². The lowest BCUT2D eigenvalue weighted by atomic mass is 9.76. The molecule has 0 spiro atoms. The summed E-state index contributed by atoms with van der Waals surface area (Å²) in [7, 11) is 0. The van der Waals surface area contributed by atoms with Crippen molar-refractivity contribution in [2.75, 3.05) is 19.6 Å². The van der Waals surface area contributed by atoms with E-state index in [9.17, 15) is 14.0 Å². The number of halogens is 1. The van der Waals surface area contributed by atoms with Crippen molar-refractivity contribution >= 4 is 17.5 Å². The van der Waals surface area contributed by atoms with Crippen LogP contribution in [0.25, 0.3) is 0 Å². The van der Waals surface area contributed by atoms with E-state index in [0.717, 1.165) is 48.2 Å². The number of carbonyl (C=O) groups is 2. The van der Waals surface area contributed by atoms with Gasteiger partial charge in [-0.05, 0) is 74.8 Å². The minimum Gasteiger partial charge on any atom is -0.335 e. The third kappa shape index (κ3) is 4.58. The predicted molar refractivity (Wildman–Crippen MR) is 142 cm³/mol. The minimum absolute atomic E-state index is 0.0173. The molecule has 2 amide bonds. The van der Waals surface area contributed by atoms with Crippen molar-refractivity contribution in [1.82, 2.24) is 9.80 Å². The van der Waals surface area contributed by atoms with Gasteiger partial charge in [0.15, 0.2) is 6.20 Å². The van der Waals surface area contributed by atoms with Gasteiger partial charge in [-0.25, -0.2) is 4.39 Å². The minimum atomic E-state index is -0.718. The number of nitrogens with zero attached hydrogens (tertiary/aromatic N) is 3. The number of benzene rings is 1. The zero-order valence-electron chi connectivity index (χ0n) is 22.3. The summed E-state index contributed by atoms with van der Waals surface area (Å²) in [5.74, 6) is 0.124. The van der Waals surface area contributed by atoms with E-state index in [1.807, 2.05) is 22.9 Å². The van der Waals surface area contributed by atoms with Gasteiger partial charge in [0, 0.05) is 42.9 Å². The molecule has 1 aromatic rings. The molecule has 2 N–H and O–H groups in total. The van der Waals surface area contributed by atoms with Gasteiger partial charge in [-0.1, -0.05) is 20.8 Å².